The van der Waals surface area contributed by atoms with Crippen LogP contribution in [0, 0.1) is 5.92 Å². The monoisotopic (exact) mass is 365 g/mol. The van der Waals surface area contributed by atoms with Crippen molar-refractivity contribution in [2.24, 2.45) is 5.92 Å². The summed E-state index contributed by atoms with van der Waals surface area (Å²) in [6.45, 7) is 6.87. The average Bonchev–Trinajstić information content (AvgIpc) is 2.61. The van der Waals surface area contributed by atoms with Gasteiger partial charge in [0, 0.05) is 18.7 Å². The van der Waals surface area contributed by atoms with Crippen LogP contribution < -0.4 is 14.2 Å². The van der Waals surface area contributed by atoms with Crippen molar-refractivity contribution in [2.75, 3.05) is 12.9 Å². The Hall–Kier alpha value is -1.62. The second-order valence-corrected chi connectivity index (χ2v) is 7.15. The molecule has 5 heteroatoms. The molecule has 0 spiro atoms. The molecule has 1 rings (SSSR count). The summed E-state index contributed by atoms with van der Waals surface area (Å²) >= 11 is 1.38. The maximum Gasteiger partial charge on any atom is 0.220 e. The first kappa shape index (κ1) is 21.4. The van der Waals surface area contributed by atoms with Crippen molar-refractivity contribution in [3.8, 4) is 11.5 Å². The topological polar surface area (TPSA) is 47.6 Å². The van der Waals surface area contributed by atoms with E-state index in [9.17, 15) is 4.79 Å². The lowest BCUT2D eigenvalue weighted by atomic mass is 10.1. The number of hydrogen-bond acceptors (Lipinski definition) is 4. The highest BCUT2D eigenvalue weighted by atomic mass is 32.2. The molecule has 1 aromatic carbocycles. The van der Waals surface area contributed by atoms with E-state index in [1.807, 2.05) is 25.1 Å². The van der Waals surface area contributed by atoms with Crippen molar-refractivity contribution in [1.82, 2.24) is 5.32 Å². The number of allylic oxidation sites excluding steroid dienone is 2. The number of carbonyl (C=O) groups is 1. The number of methoxy groups -OCH3 is 1. The zero-order chi connectivity index (χ0) is 18.5. The molecular weight excluding hydrogens is 334 g/mol. The third-order valence-electron chi connectivity index (χ3n) is 3.53. The first-order chi connectivity index (χ1) is 12.1. The Balaban J connectivity index is 2.33. The zero-order valence-corrected chi connectivity index (χ0v) is 16.7. The molecule has 1 amide bonds. The highest BCUT2D eigenvalue weighted by Gasteiger charge is 2.07. The third-order valence-corrected chi connectivity index (χ3v) is 4.06. The molecule has 0 aliphatic rings. The predicted molar refractivity (Wildman–Crippen MR) is 106 cm³/mol. The van der Waals surface area contributed by atoms with Gasteiger partial charge in [0.2, 0.25) is 5.91 Å². The average molecular weight is 366 g/mol. The highest BCUT2D eigenvalue weighted by molar-refractivity contribution is 7.94. The molecule has 0 saturated heterocycles. The number of rotatable bonds is 12. The van der Waals surface area contributed by atoms with E-state index >= 15 is 0 Å². The molecular formula is C20H31NO3S. The molecule has 0 bridgehead atoms. The first-order valence-corrected chi connectivity index (χ1v) is 9.87. The van der Waals surface area contributed by atoms with Crippen LogP contribution in [-0.2, 0) is 11.3 Å². The zero-order valence-electron chi connectivity index (χ0n) is 15.8. The standard InChI is InChI=1S/C20H31NO3S/c1-5-25-24-18-13-12-17(14-19(18)23-4)15-21-20(22)11-9-7-6-8-10-16(2)3/h8,10,12-14,16H,5-7,9,11,15H2,1-4H3,(H,21,22)/b10-8-. The summed E-state index contributed by atoms with van der Waals surface area (Å²) in [6, 6.07) is 5.73. The maximum atomic E-state index is 11.9. The molecule has 4 nitrogen and oxygen atoms in total. The number of hydrogen-bond donors (Lipinski definition) is 1. The Bertz CT molecular complexity index is 544. The molecule has 0 heterocycles. The molecule has 1 N–H and O–H groups in total. The van der Waals surface area contributed by atoms with Gasteiger partial charge in [0.25, 0.3) is 0 Å². The molecule has 0 aliphatic heterocycles. The van der Waals surface area contributed by atoms with Crippen LogP contribution in [0.1, 0.15) is 52.0 Å². The molecule has 0 atom stereocenters. The Morgan fingerprint density at radius 2 is 2.08 bits per heavy atom. The van der Waals surface area contributed by atoms with Crippen LogP contribution in [0.15, 0.2) is 30.4 Å². The summed E-state index contributed by atoms with van der Waals surface area (Å²) in [4.78, 5) is 11.9. The molecule has 0 unspecified atom stereocenters. The van der Waals surface area contributed by atoms with Crippen molar-refractivity contribution >= 4 is 17.9 Å². The van der Waals surface area contributed by atoms with Gasteiger partial charge in [-0.3, -0.25) is 4.79 Å². The lowest BCUT2D eigenvalue weighted by Gasteiger charge is -2.11. The number of ether oxygens (including phenoxy) is 1. The summed E-state index contributed by atoms with van der Waals surface area (Å²) < 4.78 is 10.9. The summed E-state index contributed by atoms with van der Waals surface area (Å²) in [5.41, 5.74) is 0.999. The Morgan fingerprint density at radius 1 is 1.28 bits per heavy atom. The van der Waals surface area contributed by atoms with Gasteiger partial charge in [-0.05, 0) is 42.9 Å². The largest absolute Gasteiger partial charge is 0.493 e. The third kappa shape index (κ3) is 9.44. The van der Waals surface area contributed by atoms with E-state index in [1.54, 1.807) is 7.11 Å². The Morgan fingerprint density at radius 3 is 2.76 bits per heavy atom. The second-order valence-electron chi connectivity index (χ2n) is 6.17. The van der Waals surface area contributed by atoms with Crippen LogP contribution in [0.3, 0.4) is 0 Å². The van der Waals surface area contributed by atoms with Gasteiger partial charge in [-0.2, -0.15) is 0 Å². The molecule has 0 fully saturated rings. The van der Waals surface area contributed by atoms with Crippen LogP contribution in [0.5, 0.6) is 11.5 Å². The second kappa shape index (κ2) is 12.7. The molecule has 0 saturated carbocycles. The smallest absolute Gasteiger partial charge is 0.220 e. The van der Waals surface area contributed by atoms with E-state index in [1.165, 1.54) is 12.0 Å². The maximum absolute atomic E-state index is 11.9. The lowest BCUT2D eigenvalue weighted by molar-refractivity contribution is -0.121. The van der Waals surface area contributed by atoms with E-state index in [0.29, 0.717) is 30.4 Å². The number of unbranched alkanes of at least 4 members (excludes halogenated alkanes) is 2. The van der Waals surface area contributed by atoms with Gasteiger partial charge in [-0.15, -0.1) is 0 Å². The molecule has 1 aromatic rings. The van der Waals surface area contributed by atoms with Gasteiger partial charge in [-0.1, -0.05) is 39.0 Å². The number of carbonyl (C=O) groups excluding carboxylic acids is 1. The van der Waals surface area contributed by atoms with Gasteiger partial charge in [0.15, 0.2) is 11.5 Å². The Kier molecular flexibility index (Phi) is 10.9. The number of nitrogens with one attached hydrogen (secondary N) is 1. The minimum atomic E-state index is 0.0914. The minimum Gasteiger partial charge on any atom is -0.493 e. The van der Waals surface area contributed by atoms with E-state index in [4.69, 9.17) is 8.92 Å². The van der Waals surface area contributed by atoms with Crippen LogP contribution >= 0.6 is 12.0 Å². The fourth-order valence-electron chi connectivity index (χ4n) is 2.22. The summed E-state index contributed by atoms with van der Waals surface area (Å²) in [5.74, 6) is 2.95. The van der Waals surface area contributed by atoms with E-state index in [2.05, 4.69) is 31.3 Å². The van der Waals surface area contributed by atoms with E-state index in [0.717, 1.165) is 30.6 Å². The molecule has 140 valence electrons. The SMILES string of the molecule is CCSOc1ccc(CNC(=O)CCCC/C=C\C(C)C)cc1OC. The number of benzene rings is 1. The molecule has 25 heavy (non-hydrogen) atoms. The lowest BCUT2D eigenvalue weighted by Crippen LogP contribution is -2.22. The fraction of sp³-hybridized carbons (Fsp3) is 0.550. The van der Waals surface area contributed by atoms with Crippen LogP contribution in [-0.4, -0.2) is 18.8 Å². The van der Waals surface area contributed by atoms with Crippen LogP contribution in [0.25, 0.3) is 0 Å². The highest BCUT2D eigenvalue weighted by Crippen LogP contribution is 2.30. The van der Waals surface area contributed by atoms with Crippen molar-refractivity contribution in [2.45, 2.75) is 53.0 Å². The van der Waals surface area contributed by atoms with Gasteiger partial charge in [-0.25, -0.2) is 0 Å². The first-order valence-electron chi connectivity index (χ1n) is 8.96. The fourth-order valence-corrected chi connectivity index (χ4v) is 2.60. The van der Waals surface area contributed by atoms with Gasteiger partial charge < -0.3 is 14.2 Å². The van der Waals surface area contributed by atoms with Crippen molar-refractivity contribution in [3.05, 3.63) is 35.9 Å². The van der Waals surface area contributed by atoms with E-state index in [-0.39, 0.29) is 5.91 Å². The summed E-state index contributed by atoms with van der Waals surface area (Å²) in [6.07, 6.45) is 7.99. The van der Waals surface area contributed by atoms with Crippen LogP contribution in [0.4, 0.5) is 0 Å². The van der Waals surface area contributed by atoms with Gasteiger partial charge >= 0.3 is 0 Å². The predicted octanol–water partition coefficient (Wildman–Crippen LogP) is 5.13. The normalized spacial score (nSPS) is 11.1. The molecule has 0 aliphatic carbocycles. The van der Waals surface area contributed by atoms with E-state index < -0.39 is 0 Å². The summed E-state index contributed by atoms with van der Waals surface area (Å²) in [5, 5.41) is 2.96. The van der Waals surface area contributed by atoms with Crippen LogP contribution in [0.2, 0.25) is 0 Å². The Labute approximate surface area is 156 Å². The number of amides is 1. The van der Waals surface area contributed by atoms with Crippen molar-refractivity contribution in [3.63, 3.8) is 0 Å². The molecule has 0 radical (unpaired) electrons. The summed E-state index contributed by atoms with van der Waals surface area (Å²) in [7, 11) is 1.62. The molecule has 0 aromatic heterocycles. The van der Waals surface area contributed by atoms with Crippen molar-refractivity contribution in [1.29, 1.82) is 0 Å². The van der Waals surface area contributed by atoms with Gasteiger partial charge in [0.1, 0.15) is 0 Å². The minimum absolute atomic E-state index is 0.0914. The van der Waals surface area contributed by atoms with Crippen molar-refractivity contribution < 1.29 is 13.7 Å². The quantitative estimate of drug-likeness (QED) is 0.317. The van der Waals surface area contributed by atoms with Gasteiger partial charge in [0.05, 0.1) is 19.2 Å².